The van der Waals surface area contributed by atoms with Crippen LogP contribution in [0.5, 0.6) is 0 Å². The van der Waals surface area contributed by atoms with E-state index in [1.165, 1.54) is 33.4 Å². The van der Waals surface area contributed by atoms with Crippen molar-refractivity contribution in [3.05, 3.63) is 114 Å². The first-order valence-corrected chi connectivity index (χ1v) is 13.5. The first kappa shape index (κ1) is 25.9. The Bertz CT molecular complexity index is 1270. The van der Waals surface area contributed by atoms with Gasteiger partial charge in [-0.25, -0.2) is 0 Å². The minimum Gasteiger partial charge on any atom is -0.257 e. The minimum absolute atomic E-state index is 0.0715. The van der Waals surface area contributed by atoms with Gasteiger partial charge in [0.2, 0.25) is 0 Å². The Morgan fingerprint density at radius 3 is 2.28 bits per heavy atom. The predicted octanol–water partition coefficient (Wildman–Crippen LogP) is 9.92. The summed E-state index contributed by atoms with van der Waals surface area (Å²) in [6.45, 7) is 13.7. The highest BCUT2D eigenvalue weighted by atomic mass is 14.7. The van der Waals surface area contributed by atoms with Crippen LogP contribution >= 0.6 is 0 Å². The molecule has 36 heavy (non-hydrogen) atoms. The van der Waals surface area contributed by atoms with Crippen molar-refractivity contribution < 1.29 is 0 Å². The highest BCUT2D eigenvalue weighted by Crippen LogP contribution is 2.47. The minimum atomic E-state index is 0.0715. The van der Waals surface area contributed by atoms with Gasteiger partial charge in [-0.3, -0.25) is 4.98 Å². The fraction of sp³-hybridized carbons (Fsp3) is 0.343. The Morgan fingerprint density at radius 2 is 1.58 bits per heavy atom. The Hall–Kier alpha value is -3.19. The molecule has 1 aromatic heterocycles. The Morgan fingerprint density at radius 1 is 0.861 bits per heavy atom. The molecule has 2 aromatic carbocycles. The number of hydrogen-bond donors (Lipinski definition) is 0. The topological polar surface area (TPSA) is 12.9 Å². The van der Waals surface area contributed by atoms with E-state index in [1.54, 1.807) is 0 Å². The molecule has 1 aliphatic rings. The second kappa shape index (κ2) is 10.8. The fourth-order valence-corrected chi connectivity index (χ4v) is 5.36. The van der Waals surface area contributed by atoms with Gasteiger partial charge in [-0.05, 0) is 94.5 Å². The van der Waals surface area contributed by atoms with Gasteiger partial charge in [-0.2, -0.15) is 0 Å². The van der Waals surface area contributed by atoms with Crippen LogP contribution in [0.3, 0.4) is 0 Å². The molecule has 2 unspecified atom stereocenters. The lowest BCUT2D eigenvalue weighted by molar-refractivity contribution is 0.306. The molecular weight excluding hydrogens is 434 g/mol. The van der Waals surface area contributed by atoms with Gasteiger partial charge in [0.25, 0.3) is 0 Å². The number of rotatable bonds is 8. The van der Waals surface area contributed by atoms with Crippen molar-refractivity contribution in [3.8, 4) is 11.1 Å². The third-order valence-electron chi connectivity index (χ3n) is 8.39. The van der Waals surface area contributed by atoms with Gasteiger partial charge in [0.15, 0.2) is 0 Å². The lowest BCUT2D eigenvalue weighted by Gasteiger charge is -2.38. The summed E-state index contributed by atoms with van der Waals surface area (Å²) >= 11 is 0. The Labute approximate surface area is 218 Å². The van der Waals surface area contributed by atoms with Crippen molar-refractivity contribution in [3.63, 3.8) is 0 Å². The maximum absolute atomic E-state index is 4.94. The molecular formula is C35H41N. The number of pyridine rings is 1. The second-order valence-corrected chi connectivity index (χ2v) is 11.0. The van der Waals surface area contributed by atoms with Crippen LogP contribution in [0.1, 0.15) is 77.6 Å². The van der Waals surface area contributed by atoms with Crippen LogP contribution in [0.2, 0.25) is 0 Å². The summed E-state index contributed by atoms with van der Waals surface area (Å²) in [5, 5.41) is 0. The van der Waals surface area contributed by atoms with Gasteiger partial charge in [-0.1, -0.05) is 107 Å². The number of aromatic nitrogens is 1. The van der Waals surface area contributed by atoms with Crippen LogP contribution in [0.25, 0.3) is 22.3 Å². The van der Waals surface area contributed by atoms with Crippen LogP contribution in [-0.4, -0.2) is 4.98 Å². The Kier molecular flexibility index (Phi) is 7.79. The van der Waals surface area contributed by atoms with Gasteiger partial charge in [0, 0.05) is 6.20 Å². The van der Waals surface area contributed by atoms with Crippen LogP contribution < -0.4 is 0 Å². The molecule has 0 radical (unpaired) electrons. The molecule has 3 aromatic rings. The summed E-state index contributed by atoms with van der Waals surface area (Å²) in [6.07, 6.45) is 14.6. The normalized spacial score (nSPS) is 18.0. The monoisotopic (exact) mass is 475 g/mol. The molecule has 1 aliphatic carbocycles. The SMILES string of the molecule is CC=CC(C)(CC)C1CC=C(c2ccccc2)C=C1c1cc(-c2cccc(C(C)(C)CC)c2)ccn1. The van der Waals surface area contributed by atoms with Crippen molar-refractivity contribution in [2.75, 3.05) is 0 Å². The first-order chi connectivity index (χ1) is 17.3. The van der Waals surface area contributed by atoms with Gasteiger partial charge >= 0.3 is 0 Å². The van der Waals surface area contributed by atoms with E-state index in [9.17, 15) is 0 Å². The number of allylic oxidation sites excluding steroid dienone is 6. The van der Waals surface area contributed by atoms with Gasteiger partial charge in [0.05, 0.1) is 5.69 Å². The average molecular weight is 476 g/mol. The third-order valence-corrected chi connectivity index (χ3v) is 8.39. The molecule has 4 rings (SSSR count). The zero-order chi connectivity index (χ0) is 25.8. The molecule has 0 N–H and O–H groups in total. The molecule has 1 nitrogen and oxygen atoms in total. The van der Waals surface area contributed by atoms with Crippen LogP contribution in [0, 0.1) is 11.3 Å². The molecule has 0 spiro atoms. The lowest BCUT2D eigenvalue weighted by atomic mass is 9.66. The predicted molar refractivity (Wildman–Crippen MR) is 157 cm³/mol. The molecule has 1 heterocycles. The zero-order valence-corrected chi connectivity index (χ0v) is 22.9. The van der Waals surface area contributed by atoms with Crippen molar-refractivity contribution in [2.45, 2.75) is 66.2 Å². The summed E-state index contributed by atoms with van der Waals surface area (Å²) in [5.41, 5.74) is 9.09. The summed E-state index contributed by atoms with van der Waals surface area (Å²) in [5.74, 6) is 0.374. The van der Waals surface area contributed by atoms with E-state index in [-0.39, 0.29) is 10.8 Å². The average Bonchev–Trinajstić information content (AvgIpc) is 2.93. The third kappa shape index (κ3) is 5.31. The molecule has 0 saturated heterocycles. The largest absolute Gasteiger partial charge is 0.257 e. The van der Waals surface area contributed by atoms with Crippen molar-refractivity contribution >= 4 is 11.1 Å². The van der Waals surface area contributed by atoms with E-state index in [1.807, 2.05) is 6.20 Å². The summed E-state index contributed by atoms with van der Waals surface area (Å²) in [4.78, 5) is 4.94. The number of nitrogens with zero attached hydrogens (tertiary/aromatic N) is 1. The van der Waals surface area contributed by atoms with Gasteiger partial charge in [-0.15, -0.1) is 0 Å². The fourth-order valence-electron chi connectivity index (χ4n) is 5.36. The molecule has 0 amide bonds. The summed E-state index contributed by atoms with van der Waals surface area (Å²) in [7, 11) is 0. The molecule has 2 atom stereocenters. The first-order valence-electron chi connectivity index (χ1n) is 13.5. The molecule has 1 heteroatoms. The van der Waals surface area contributed by atoms with Crippen LogP contribution in [0.15, 0.2) is 97.2 Å². The van der Waals surface area contributed by atoms with E-state index < -0.39 is 0 Å². The quantitative estimate of drug-likeness (QED) is 0.295. The van der Waals surface area contributed by atoms with E-state index in [0.29, 0.717) is 5.92 Å². The molecule has 0 saturated carbocycles. The van der Waals surface area contributed by atoms with E-state index >= 15 is 0 Å². The van der Waals surface area contributed by atoms with Crippen molar-refractivity contribution in [1.82, 2.24) is 4.98 Å². The molecule has 0 fully saturated rings. The lowest BCUT2D eigenvalue weighted by Crippen LogP contribution is -2.27. The van der Waals surface area contributed by atoms with Gasteiger partial charge < -0.3 is 0 Å². The smallest absolute Gasteiger partial charge is 0.0671 e. The van der Waals surface area contributed by atoms with E-state index in [4.69, 9.17) is 4.98 Å². The van der Waals surface area contributed by atoms with Crippen LogP contribution in [0.4, 0.5) is 0 Å². The summed E-state index contributed by atoms with van der Waals surface area (Å²) < 4.78 is 0. The van der Waals surface area contributed by atoms with Gasteiger partial charge in [0.1, 0.15) is 0 Å². The van der Waals surface area contributed by atoms with Crippen molar-refractivity contribution in [1.29, 1.82) is 0 Å². The maximum Gasteiger partial charge on any atom is 0.0671 e. The highest BCUT2D eigenvalue weighted by molar-refractivity contribution is 5.87. The Balaban J connectivity index is 1.81. The highest BCUT2D eigenvalue weighted by Gasteiger charge is 2.35. The van der Waals surface area contributed by atoms with E-state index in [0.717, 1.165) is 25.0 Å². The molecule has 0 bridgehead atoms. The molecule has 186 valence electrons. The molecule has 0 aliphatic heterocycles. The number of hydrogen-bond acceptors (Lipinski definition) is 1. The zero-order valence-electron chi connectivity index (χ0n) is 22.9. The maximum atomic E-state index is 4.94. The standard InChI is InChI=1S/C35H41N/c1-7-21-35(6,9-3)32-19-18-28(26-14-11-10-12-15-26)24-31(32)33-25-29(20-22-36-33)27-16-13-17-30(23-27)34(4,5)8-2/h7,10-18,20-25,32H,8-9,19H2,1-6H3. The van der Waals surface area contributed by atoms with Crippen molar-refractivity contribution in [2.24, 2.45) is 11.3 Å². The van der Waals surface area contributed by atoms with Crippen LogP contribution in [-0.2, 0) is 5.41 Å². The second-order valence-electron chi connectivity index (χ2n) is 11.0. The van der Waals surface area contributed by atoms with E-state index in [2.05, 4.69) is 133 Å². The summed E-state index contributed by atoms with van der Waals surface area (Å²) in [6, 6.07) is 24.2. The number of benzene rings is 2.